The van der Waals surface area contributed by atoms with Gasteiger partial charge in [0.15, 0.2) is 0 Å². The molecule has 4 rings (SSSR count). The summed E-state index contributed by atoms with van der Waals surface area (Å²) in [6.07, 6.45) is 1.11. The molecule has 1 unspecified atom stereocenters. The number of benzene rings is 3. The van der Waals surface area contributed by atoms with E-state index < -0.39 is 48.6 Å². The molecule has 0 aliphatic carbocycles. The number of hydrogen-bond donors (Lipinski definition) is 0. The molecule has 3 aromatic rings. The second kappa shape index (κ2) is 10.8. The zero-order valence-electron chi connectivity index (χ0n) is 21.8. The number of fused-ring (bicyclic) bond motifs is 1. The lowest BCUT2D eigenvalue weighted by atomic mass is 10.1. The first kappa shape index (κ1) is 28.9. The van der Waals surface area contributed by atoms with Gasteiger partial charge >= 0.3 is 0 Å². The summed E-state index contributed by atoms with van der Waals surface area (Å²) < 4.78 is 83.6. The van der Waals surface area contributed by atoms with Gasteiger partial charge in [-0.25, -0.2) is 29.6 Å². The van der Waals surface area contributed by atoms with E-state index in [1.165, 1.54) is 48.5 Å². The Kier molecular flexibility index (Phi) is 8.04. The van der Waals surface area contributed by atoms with Crippen LogP contribution < -0.4 is 0 Å². The van der Waals surface area contributed by atoms with Gasteiger partial charge in [-0.3, -0.25) is 4.79 Å². The van der Waals surface area contributed by atoms with E-state index in [9.17, 15) is 30.0 Å². The summed E-state index contributed by atoms with van der Waals surface area (Å²) in [5.41, 5.74) is 1.51. The van der Waals surface area contributed by atoms with E-state index in [0.29, 0.717) is 20.9 Å². The number of sulfonamides is 3. The minimum atomic E-state index is -4.69. The molecular weight excluding hydrogens is 561 g/mol. The van der Waals surface area contributed by atoms with Crippen molar-refractivity contribution in [1.82, 2.24) is 8.02 Å². The van der Waals surface area contributed by atoms with Crippen molar-refractivity contribution in [3.63, 3.8) is 0 Å². The lowest BCUT2D eigenvalue weighted by Crippen LogP contribution is -2.50. The Balaban J connectivity index is 1.87. The minimum Gasteiger partial charge on any atom is -0.268 e. The lowest BCUT2D eigenvalue weighted by molar-refractivity contribution is 0.0821. The van der Waals surface area contributed by atoms with Crippen LogP contribution in [0.5, 0.6) is 0 Å². The molecule has 39 heavy (non-hydrogen) atoms. The predicted octanol–water partition coefficient (Wildman–Crippen LogP) is 4.09. The van der Waals surface area contributed by atoms with Gasteiger partial charge in [-0.05, 0) is 56.7 Å². The number of hydrogen-bond acceptors (Lipinski definition) is 7. The Hall–Kier alpha value is -3.06. The molecule has 0 bridgehead atoms. The summed E-state index contributed by atoms with van der Waals surface area (Å²) in [6.45, 7) is 4.61. The second-order valence-electron chi connectivity index (χ2n) is 9.49. The van der Waals surface area contributed by atoms with Gasteiger partial charge < -0.3 is 0 Å². The number of rotatable bonds is 10. The lowest BCUT2D eigenvalue weighted by Gasteiger charge is -2.31. The fourth-order valence-electron chi connectivity index (χ4n) is 4.44. The van der Waals surface area contributed by atoms with E-state index in [2.05, 4.69) is 0 Å². The van der Waals surface area contributed by atoms with Gasteiger partial charge in [-0.15, -0.1) is 0 Å². The monoisotopic (exact) mass is 590 g/mol. The van der Waals surface area contributed by atoms with E-state index in [1.54, 1.807) is 38.1 Å². The smallest absolute Gasteiger partial charge is 0.268 e. The number of carbonyl (C=O) groups is 1. The third kappa shape index (κ3) is 5.38. The quantitative estimate of drug-likeness (QED) is 0.348. The van der Waals surface area contributed by atoms with Gasteiger partial charge in [0.05, 0.1) is 27.9 Å². The van der Waals surface area contributed by atoms with Crippen LogP contribution >= 0.6 is 0 Å². The van der Waals surface area contributed by atoms with Crippen LogP contribution in [0, 0.1) is 13.8 Å². The molecule has 208 valence electrons. The zero-order valence-corrected chi connectivity index (χ0v) is 24.3. The molecule has 0 N–H and O–H groups in total. The summed E-state index contributed by atoms with van der Waals surface area (Å²) in [4.78, 5) is 12.6. The SMILES string of the molecule is CCCCC(CN(S(=O)(=O)c1ccc(C)cc1)S(=O)(=O)c1ccc(C)cc1)N1C(=O)c2ccccc2S1(=O)=O. The van der Waals surface area contributed by atoms with E-state index in [4.69, 9.17) is 0 Å². The predicted molar refractivity (Wildman–Crippen MR) is 147 cm³/mol. The molecule has 1 atom stereocenters. The maximum absolute atomic E-state index is 13.9. The fraction of sp³-hybridized carbons (Fsp3) is 0.296. The van der Waals surface area contributed by atoms with Gasteiger partial charge in [0.1, 0.15) is 4.90 Å². The van der Waals surface area contributed by atoms with Crippen molar-refractivity contribution in [2.24, 2.45) is 0 Å². The highest BCUT2D eigenvalue weighted by Gasteiger charge is 2.48. The van der Waals surface area contributed by atoms with Crippen molar-refractivity contribution in [3.05, 3.63) is 89.5 Å². The van der Waals surface area contributed by atoms with Crippen LogP contribution in [0.15, 0.2) is 87.5 Å². The molecule has 0 aromatic heterocycles. The van der Waals surface area contributed by atoms with Crippen LogP contribution in [0.1, 0.15) is 47.7 Å². The molecule has 0 radical (unpaired) electrons. The molecule has 0 saturated heterocycles. The molecule has 0 spiro atoms. The van der Waals surface area contributed by atoms with Crippen LogP contribution in [-0.4, -0.2) is 51.8 Å². The number of nitrogens with zero attached hydrogens (tertiary/aromatic N) is 2. The first-order valence-corrected chi connectivity index (χ1v) is 16.7. The van der Waals surface area contributed by atoms with Crippen LogP contribution in [0.2, 0.25) is 0 Å². The number of aryl methyl sites for hydroxylation is 2. The molecule has 1 amide bonds. The van der Waals surface area contributed by atoms with Crippen LogP contribution in [0.3, 0.4) is 0 Å². The third-order valence-corrected chi connectivity index (χ3v) is 12.8. The molecule has 0 fully saturated rings. The molecule has 9 nitrogen and oxygen atoms in total. The highest BCUT2D eigenvalue weighted by molar-refractivity contribution is 8.04. The molecule has 12 heteroatoms. The maximum atomic E-state index is 13.9. The van der Waals surface area contributed by atoms with Gasteiger partial charge in [-0.2, -0.15) is 0 Å². The van der Waals surface area contributed by atoms with Gasteiger partial charge in [0.25, 0.3) is 36.0 Å². The van der Waals surface area contributed by atoms with E-state index >= 15 is 0 Å². The highest BCUT2D eigenvalue weighted by Crippen LogP contribution is 2.35. The number of amides is 1. The molecule has 1 heterocycles. The van der Waals surface area contributed by atoms with Crippen molar-refractivity contribution in [2.75, 3.05) is 6.54 Å². The van der Waals surface area contributed by atoms with E-state index in [0.717, 1.165) is 11.1 Å². The second-order valence-corrected chi connectivity index (χ2v) is 15.2. The standard InChI is InChI=1S/C27H30N2O7S3/c1-4-5-8-22(29-27(30)25-9-6-7-10-26(25)39(29,35)36)19-28(37(31,32)23-15-11-20(2)12-16-23)38(33,34)24-17-13-21(3)14-18-24/h6-7,9-18,22H,4-5,8,19H2,1-3H3. The number of carbonyl (C=O) groups excluding carboxylic acids is 1. The molecule has 3 aromatic carbocycles. The summed E-state index contributed by atoms with van der Waals surface area (Å²) in [5, 5.41) is 0. The van der Waals surface area contributed by atoms with Crippen molar-refractivity contribution >= 4 is 36.0 Å². The van der Waals surface area contributed by atoms with Crippen molar-refractivity contribution in [3.8, 4) is 0 Å². The average molecular weight is 591 g/mol. The van der Waals surface area contributed by atoms with Gasteiger partial charge in [0, 0.05) is 0 Å². The third-order valence-electron chi connectivity index (χ3n) is 6.61. The highest BCUT2D eigenvalue weighted by atomic mass is 32.3. The first-order valence-electron chi connectivity index (χ1n) is 12.4. The molecule has 0 saturated carbocycles. The van der Waals surface area contributed by atoms with Gasteiger partial charge in [0.2, 0.25) is 0 Å². The van der Waals surface area contributed by atoms with Crippen molar-refractivity contribution in [2.45, 2.75) is 60.8 Å². The van der Waals surface area contributed by atoms with Crippen LogP contribution in [0.25, 0.3) is 0 Å². The first-order chi connectivity index (χ1) is 18.3. The van der Waals surface area contributed by atoms with E-state index in [1.807, 2.05) is 6.92 Å². The zero-order chi connectivity index (χ0) is 28.6. The fourth-order valence-corrected chi connectivity index (χ4v) is 9.93. The van der Waals surface area contributed by atoms with E-state index in [-0.39, 0.29) is 26.7 Å². The number of unbranched alkanes of at least 4 members (excludes halogenated alkanes) is 1. The Bertz CT molecular complexity index is 1620. The molecule has 1 aliphatic rings. The summed E-state index contributed by atoms with van der Waals surface area (Å²) in [6, 6.07) is 15.8. The van der Waals surface area contributed by atoms with Crippen LogP contribution in [-0.2, 0) is 30.1 Å². The van der Waals surface area contributed by atoms with Crippen molar-refractivity contribution < 1.29 is 30.0 Å². The van der Waals surface area contributed by atoms with Crippen molar-refractivity contribution in [1.29, 1.82) is 0 Å². The summed E-state index contributed by atoms with van der Waals surface area (Å²) >= 11 is 0. The topological polar surface area (TPSA) is 126 Å². The summed E-state index contributed by atoms with van der Waals surface area (Å²) in [5.74, 6) is -0.813. The maximum Gasteiger partial charge on any atom is 0.269 e. The largest absolute Gasteiger partial charge is 0.269 e. The Morgan fingerprint density at radius 1 is 0.795 bits per heavy atom. The normalized spacial score (nSPS) is 15.9. The average Bonchev–Trinajstić information content (AvgIpc) is 3.10. The van der Waals surface area contributed by atoms with Gasteiger partial charge in [-0.1, -0.05) is 71.0 Å². The molecular formula is C27H30N2O7S3. The minimum absolute atomic E-state index is 0.0340. The Labute approximate surface area is 230 Å². The summed E-state index contributed by atoms with van der Waals surface area (Å²) in [7, 11) is -13.7. The molecule has 1 aliphatic heterocycles. The Morgan fingerprint density at radius 2 is 1.28 bits per heavy atom. The Morgan fingerprint density at radius 3 is 1.74 bits per heavy atom. The van der Waals surface area contributed by atoms with Crippen LogP contribution in [0.4, 0.5) is 0 Å².